The van der Waals surface area contributed by atoms with Crippen LogP contribution in [0.5, 0.6) is 11.5 Å². The molecule has 0 unspecified atom stereocenters. The summed E-state index contributed by atoms with van der Waals surface area (Å²) in [6.45, 7) is 0. The molecule has 2 aromatic rings. The lowest BCUT2D eigenvalue weighted by Crippen LogP contribution is -2.22. The molecule has 0 saturated heterocycles. The van der Waals surface area contributed by atoms with E-state index in [0.717, 1.165) is 6.26 Å². The maximum absolute atomic E-state index is 12.6. The fraction of sp³-hybridized carbons (Fsp3) is 0.0625. The average Bonchev–Trinajstić information content (AvgIpc) is 3.03. The third-order valence-corrected chi connectivity index (χ3v) is 4.32. The summed E-state index contributed by atoms with van der Waals surface area (Å²) in [6.07, 6.45) is 1.04. The highest BCUT2D eigenvalue weighted by molar-refractivity contribution is 6.71. The van der Waals surface area contributed by atoms with Crippen LogP contribution in [-0.4, -0.2) is 29.6 Å². The molecular weight excluding hydrogens is 359 g/mol. The number of phenolic OH excluding ortho intramolecular Hbond substituents is 1. The molecule has 8 heteroatoms. The van der Waals surface area contributed by atoms with E-state index in [2.05, 4.69) is 0 Å². The van der Waals surface area contributed by atoms with E-state index in [1.54, 1.807) is 0 Å². The Morgan fingerprint density at radius 1 is 1.17 bits per heavy atom. The van der Waals surface area contributed by atoms with E-state index in [0.29, 0.717) is 0 Å². The quantitative estimate of drug-likeness (QED) is 0.662. The van der Waals surface area contributed by atoms with Gasteiger partial charge in [0.15, 0.2) is 23.0 Å². The van der Waals surface area contributed by atoms with Crippen LogP contribution in [0.25, 0.3) is 5.03 Å². The minimum atomic E-state index is -1.01. The van der Waals surface area contributed by atoms with Crippen LogP contribution >= 0.6 is 23.2 Å². The predicted octanol–water partition coefficient (Wildman–Crippen LogP) is 3.14. The van der Waals surface area contributed by atoms with Crippen molar-refractivity contribution in [1.82, 2.24) is 0 Å². The van der Waals surface area contributed by atoms with Crippen molar-refractivity contribution < 1.29 is 28.6 Å². The summed E-state index contributed by atoms with van der Waals surface area (Å²) < 4.78 is 10.1. The van der Waals surface area contributed by atoms with E-state index in [9.17, 15) is 19.5 Å². The van der Waals surface area contributed by atoms with E-state index >= 15 is 0 Å². The molecule has 0 spiro atoms. The minimum Gasteiger partial charge on any atom is -0.504 e. The Morgan fingerprint density at radius 2 is 1.88 bits per heavy atom. The second-order valence-electron chi connectivity index (χ2n) is 4.86. The number of rotatable bonds is 3. The van der Waals surface area contributed by atoms with Crippen LogP contribution in [0.15, 0.2) is 33.9 Å². The van der Waals surface area contributed by atoms with Crippen molar-refractivity contribution in [3.63, 3.8) is 0 Å². The molecule has 0 atom stereocenters. The molecule has 24 heavy (non-hydrogen) atoms. The third kappa shape index (κ3) is 2.31. The summed E-state index contributed by atoms with van der Waals surface area (Å²) >= 11 is 11.6. The van der Waals surface area contributed by atoms with Crippen LogP contribution in [0, 0.1) is 0 Å². The van der Waals surface area contributed by atoms with E-state index < -0.39 is 22.4 Å². The Morgan fingerprint density at radius 3 is 2.54 bits per heavy atom. The topological polar surface area (TPSA) is 93.8 Å². The van der Waals surface area contributed by atoms with Crippen molar-refractivity contribution in [2.24, 2.45) is 0 Å². The average molecular weight is 367 g/mol. The smallest absolute Gasteiger partial charge is 0.246 e. The Labute approximate surface area is 145 Å². The Kier molecular flexibility index (Phi) is 3.95. The molecule has 3 rings (SSSR count). The highest BCUT2D eigenvalue weighted by Gasteiger charge is 2.38. The minimum absolute atomic E-state index is 0.0848. The fourth-order valence-electron chi connectivity index (χ4n) is 2.30. The van der Waals surface area contributed by atoms with Gasteiger partial charge in [-0.2, -0.15) is 0 Å². The monoisotopic (exact) mass is 366 g/mol. The molecule has 1 aromatic carbocycles. The van der Waals surface area contributed by atoms with E-state index in [1.807, 2.05) is 0 Å². The van der Waals surface area contributed by atoms with Crippen LogP contribution in [0.3, 0.4) is 0 Å². The van der Waals surface area contributed by atoms with Crippen LogP contribution in [0.1, 0.15) is 32.0 Å². The van der Waals surface area contributed by atoms with Gasteiger partial charge in [0.1, 0.15) is 16.3 Å². The van der Waals surface area contributed by atoms with Crippen molar-refractivity contribution in [3.8, 4) is 11.5 Å². The molecule has 6 nitrogen and oxygen atoms in total. The number of aromatic hydroxyl groups is 1. The summed E-state index contributed by atoms with van der Waals surface area (Å²) in [4.78, 5) is 36.6. The number of hydrogen-bond donors (Lipinski definition) is 1. The van der Waals surface area contributed by atoms with Gasteiger partial charge in [0, 0.05) is 5.56 Å². The van der Waals surface area contributed by atoms with Gasteiger partial charge in [-0.25, -0.2) is 0 Å². The lowest BCUT2D eigenvalue weighted by atomic mass is 9.93. The molecule has 0 fully saturated rings. The van der Waals surface area contributed by atoms with Gasteiger partial charge >= 0.3 is 0 Å². The van der Waals surface area contributed by atoms with Gasteiger partial charge < -0.3 is 14.3 Å². The van der Waals surface area contributed by atoms with Gasteiger partial charge in [0.25, 0.3) is 0 Å². The molecule has 0 bridgehead atoms. The van der Waals surface area contributed by atoms with Crippen molar-refractivity contribution >= 4 is 45.6 Å². The number of phenols is 1. The molecule has 0 saturated carbocycles. The first-order valence-corrected chi connectivity index (χ1v) is 7.30. The summed E-state index contributed by atoms with van der Waals surface area (Å²) in [5.41, 5.74) is -0.227. The van der Waals surface area contributed by atoms with Crippen molar-refractivity contribution in [3.05, 3.63) is 51.9 Å². The zero-order chi connectivity index (χ0) is 17.6. The molecule has 0 aliphatic heterocycles. The highest BCUT2D eigenvalue weighted by Crippen LogP contribution is 2.38. The molecule has 0 radical (unpaired) electrons. The molecule has 1 aromatic heterocycles. The van der Waals surface area contributed by atoms with Crippen molar-refractivity contribution in [2.45, 2.75) is 0 Å². The van der Waals surface area contributed by atoms with E-state index in [1.165, 1.54) is 25.3 Å². The number of carbonyl (C=O) groups is 3. The number of methoxy groups -OCH3 is 1. The van der Waals surface area contributed by atoms with Gasteiger partial charge in [-0.15, -0.1) is 0 Å². The van der Waals surface area contributed by atoms with E-state index in [4.69, 9.17) is 32.4 Å². The second kappa shape index (κ2) is 5.81. The first-order chi connectivity index (χ1) is 11.4. The first kappa shape index (κ1) is 16.3. The Hall–Kier alpha value is -2.57. The predicted molar refractivity (Wildman–Crippen MR) is 84.8 cm³/mol. The zero-order valence-electron chi connectivity index (χ0n) is 12.1. The standard InChI is InChI=1S/C16H8Cl2O6/c1-23-9-4-6(2-3-8(9)19)13(20)7-5-24-16-10(7)14(21)15(22)11(17)12(16)18/h2-5,19H,1H3. The molecular formula is C16H8Cl2O6. The van der Waals surface area contributed by atoms with E-state index in [-0.39, 0.29) is 39.0 Å². The van der Waals surface area contributed by atoms with Gasteiger partial charge in [-0.1, -0.05) is 23.2 Å². The van der Waals surface area contributed by atoms with Crippen molar-refractivity contribution in [1.29, 1.82) is 0 Å². The van der Waals surface area contributed by atoms with Gasteiger partial charge in [0.2, 0.25) is 11.6 Å². The summed E-state index contributed by atoms with van der Waals surface area (Å²) in [5, 5.41) is 8.91. The van der Waals surface area contributed by atoms with Gasteiger partial charge in [-0.3, -0.25) is 14.4 Å². The number of halogens is 2. The van der Waals surface area contributed by atoms with Gasteiger partial charge in [0.05, 0.1) is 18.2 Å². The summed E-state index contributed by atoms with van der Waals surface area (Å²) in [7, 11) is 1.33. The van der Waals surface area contributed by atoms with Crippen LogP contribution in [-0.2, 0) is 4.79 Å². The van der Waals surface area contributed by atoms with Crippen LogP contribution in [0.4, 0.5) is 0 Å². The zero-order valence-corrected chi connectivity index (χ0v) is 13.6. The first-order valence-electron chi connectivity index (χ1n) is 6.54. The summed E-state index contributed by atoms with van der Waals surface area (Å²) in [5.74, 6) is -2.76. The number of fused-ring (bicyclic) bond motifs is 1. The number of carbonyl (C=O) groups excluding carboxylic acids is 3. The molecule has 1 aliphatic rings. The fourth-order valence-corrected chi connectivity index (χ4v) is 2.70. The molecule has 1 aliphatic carbocycles. The van der Waals surface area contributed by atoms with Crippen LogP contribution in [0.2, 0.25) is 0 Å². The Bertz CT molecular complexity index is 938. The lowest BCUT2D eigenvalue weighted by Gasteiger charge is -2.10. The number of hydrogen-bond acceptors (Lipinski definition) is 6. The lowest BCUT2D eigenvalue weighted by molar-refractivity contribution is -0.111. The normalized spacial score (nSPS) is 14.0. The SMILES string of the molecule is COc1cc(C(=O)c2coc3c2C(=O)C(=O)C(Cl)=C3Cl)ccc1O. The largest absolute Gasteiger partial charge is 0.504 e. The summed E-state index contributed by atoms with van der Waals surface area (Å²) in [6, 6.07) is 3.92. The third-order valence-electron chi connectivity index (χ3n) is 3.50. The number of furan rings is 1. The second-order valence-corrected chi connectivity index (χ2v) is 5.61. The Balaban J connectivity index is 2.13. The number of Topliss-reactive ketones (excluding diaryl/α,β-unsaturated/α-hetero) is 2. The number of allylic oxidation sites excluding steroid dienone is 1. The van der Waals surface area contributed by atoms with Crippen LogP contribution < -0.4 is 4.74 Å². The maximum atomic E-state index is 12.6. The van der Waals surface area contributed by atoms with Crippen molar-refractivity contribution in [2.75, 3.05) is 7.11 Å². The molecule has 0 amide bonds. The number of benzene rings is 1. The highest BCUT2D eigenvalue weighted by atomic mass is 35.5. The molecule has 122 valence electrons. The molecule has 1 heterocycles. The number of ketones is 3. The van der Waals surface area contributed by atoms with Gasteiger partial charge in [-0.05, 0) is 18.2 Å². The molecule has 1 N–H and O–H groups in total. The maximum Gasteiger partial charge on any atom is 0.246 e. The number of ether oxygens (including phenoxy) is 1.